The number of benzene rings is 1. The van der Waals surface area contributed by atoms with Crippen molar-refractivity contribution in [3.63, 3.8) is 0 Å². The Bertz CT molecular complexity index is 580. The van der Waals surface area contributed by atoms with Gasteiger partial charge in [-0.15, -0.1) is 0 Å². The van der Waals surface area contributed by atoms with E-state index in [1.54, 1.807) is 0 Å². The lowest BCUT2D eigenvalue weighted by Crippen LogP contribution is -2.49. The number of nitrogens with two attached hydrogens (primary N) is 1. The number of aliphatic carboxylic acids is 1. The van der Waals surface area contributed by atoms with Gasteiger partial charge in [0.1, 0.15) is 6.04 Å². The molecule has 0 bridgehead atoms. The SMILES string of the molecule is CNCCCCC(NC(=O)CNC(=O)C(N)Cc1ccccc1)C(=O)O. The fourth-order valence-electron chi connectivity index (χ4n) is 2.41. The summed E-state index contributed by atoms with van der Waals surface area (Å²) in [6.07, 6.45) is 2.19. The Balaban J connectivity index is 2.36. The van der Waals surface area contributed by atoms with Crippen molar-refractivity contribution in [2.75, 3.05) is 20.1 Å². The molecule has 1 aromatic carbocycles. The lowest BCUT2D eigenvalue weighted by molar-refractivity contribution is -0.142. The van der Waals surface area contributed by atoms with Gasteiger partial charge in [0.25, 0.3) is 0 Å². The van der Waals surface area contributed by atoms with Crippen LogP contribution in [0.15, 0.2) is 30.3 Å². The van der Waals surface area contributed by atoms with Crippen LogP contribution in [-0.2, 0) is 20.8 Å². The third-order valence-electron chi connectivity index (χ3n) is 3.86. The van der Waals surface area contributed by atoms with Gasteiger partial charge >= 0.3 is 5.97 Å². The summed E-state index contributed by atoms with van der Waals surface area (Å²) in [5.41, 5.74) is 6.76. The molecule has 1 rings (SSSR count). The molecule has 8 heteroatoms. The van der Waals surface area contributed by atoms with Gasteiger partial charge in [-0.1, -0.05) is 30.3 Å². The Morgan fingerprint density at radius 2 is 1.85 bits per heavy atom. The van der Waals surface area contributed by atoms with Crippen LogP contribution < -0.4 is 21.7 Å². The number of carbonyl (C=O) groups excluding carboxylic acids is 2. The summed E-state index contributed by atoms with van der Waals surface area (Å²) in [5.74, 6) is -2.09. The van der Waals surface area contributed by atoms with Crippen LogP contribution in [0.2, 0.25) is 0 Å². The summed E-state index contributed by atoms with van der Waals surface area (Å²) >= 11 is 0. The molecule has 0 radical (unpaired) electrons. The van der Waals surface area contributed by atoms with Gasteiger partial charge in [0.15, 0.2) is 0 Å². The largest absolute Gasteiger partial charge is 0.480 e. The molecule has 0 fully saturated rings. The summed E-state index contributed by atoms with van der Waals surface area (Å²) in [6, 6.07) is 7.58. The molecule has 144 valence electrons. The van der Waals surface area contributed by atoms with Crippen molar-refractivity contribution in [2.45, 2.75) is 37.8 Å². The van der Waals surface area contributed by atoms with Gasteiger partial charge in [-0.2, -0.15) is 0 Å². The van der Waals surface area contributed by atoms with Crippen molar-refractivity contribution in [2.24, 2.45) is 5.73 Å². The highest BCUT2D eigenvalue weighted by atomic mass is 16.4. The highest BCUT2D eigenvalue weighted by Gasteiger charge is 2.20. The van der Waals surface area contributed by atoms with E-state index in [0.29, 0.717) is 19.3 Å². The molecule has 8 nitrogen and oxygen atoms in total. The second kappa shape index (κ2) is 12.0. The molecule has 2 amide bonds. The van der Waals surface area contributed by atoms with Crippen molar-refractivity contribution in [1.82, 2.24) is 16.0 Å². The van der Waals surface area contributed by atoms with E-state index in [9.17, 15) is 19.5 Å². The minimum atomic E-state index is -1.09. The molecule has 6 N–H and O–H groups in total. The molecule has 0 saturated heterocycles. The first-order chi connectivity index (χ1) is 12.4. The second-order valence-corrected chi connectivity index (χ2v) is 6.07. The van der Waals surface area contributed by atoms with Gasteiger partial charge < -0.3 is 26.8 Å². The zero-order chi connectivity index (χ0) is 19.4. The number of amides is 2. The predicted molar refractivity (Wildman–Crippen MR) is 98.5 cm³/mol. The maximum Gasteiger partial charge on any atom is 0.326 e. The fourth-order valence-corrected chi connectivity index (χ4v) is 2.41. The first-order valence-electron chi connectivity index (χ1n) is 8.68. The third-order valence-corrected chi connectivity index (χ3v) is 3.86. The Labute approximate surface area is 153 Å². The number of carbonyl (C=O) groups is 3. The van der Waals surface area contributed by atoms with Gasteiger partial charge in [-0.25, -0.2) is 4.79 Å². The Kier molecular flexibility index (Phi) is 9.96. The Morgan fingerprint density at radius 1 is 1.15 bits per heavy atom. The van der Waals surface area contributed by atoms with Gasteiger partial charge in [0, 0.05) is 0 Å². The molecule has 0 saturated carbocycles. The smallest absolute Gasteiger partial charge is 0.326 e. The van der Waals surface area contributed by atoms with Crippen molar-refractivity contribution in [3.05, 3.63) is 35.9 Å². The Morgan fingerprint density at radius 3 is 2.46 bits per heavy atom. The highest BCUT2D eigenvalue weighted by molar-refractivity contribution is 5.89. The molecule has 0 aliphatic carbocycles. The van der Waals surface area contributed by atoms with Crippen LogP contribution in [0, 0.1) is 0 Å². The lowest BCUT2D eigenvalue weighted by Gasteiger charge is -2.16. The van der Waals surface area contributed by atoms with Crippen molar-refractivity contribution in [3.8, 4) is 0 Å². The average molecular weight is 364 g/mol. The molecule has 0 aliphatic heterocycles. The number of rotatable bonds is 12. The molecule has 26 heavy (non-hydrogen) atoms. The van der Waals surface area contributed by atoms with Crippen molar-refractivity contribution >= 4 is 17.8 Å². The highest BCUT2D eigenvalue weighted by Crippen LogP contribution is 2.02. The molecule has 2 atom stereocenters. The van der Waals surface area contributed by atoms with Crippen LogP contribution in [0.4, 0.5) is 0 Å². The molecular formula is C18H28N4O4. The van der Waals surface area contributed by atoms with Gasteiger partial charge in [0.05, 0.1) is 12.6 Å². The van der Waals surface area contributed by atoms with Crippen LogP contribution in [0.1, 0.15) is 24.8 Å². The van der Waals surface area contributed by atoms with Gasteiger partial charge in [-0.05, 0) is 44.8 Å². The van der Waals surface area contributed by atoms with Crippen LogP contribution in [0.5, 0.6) is 0 Å². The summed E-state index contributed by atoms with van der Waals surface area (Å²) in [6.45, 7) is 0.483. The molecule has 1 aromatic rings. The van der Waals surface area contributed by atoms with Crippen LogP contribution in [0.3, 0.4) is 0 Å². The van der Waals surface area contributed by atoms with E-state index >= 15 is 0 Å². The molecular weight excluding hydrogens is 336 g/mol. The summed E-state index contributed by atoms with van der Waals surface area (Å²) in [5, 5.41) is 17.0. The monoisotopic (exact) mass is 364 g/mol. The zero-order valence-electron chi connectivity index (χ0n) is 15.0. The van der Waals surface area contributed by atoms with Gasteiger partial charge in [-0.3, -0.25) is 9.59 Å². The van der Waals surface area contributed by atoms with E-state index in [0.717, 1.165) is 18.5 Å². The number of unbranched alkanes of at least 4 members (excludes halogenated alkanes) is 1. The number of hydrogen-bond donors (Lipinski definition) is 5. The standard InChI is InChI=1S/C18H28N4O4/c1-20-10-6-5-9-15(18(25)26)22-16(23)12-21-17(24)14(19)11-13-7-3-2-4-8-13/h2-4,7-8,14-15,20H,5-6,9-12,19H2,1H3,(H,21,24)(H,22,23)(H,25,26). The summed E-state index contributed by atoms with van der Waals surface area (Å²) < 4.78 is 0. The second-order valence-electron chi connectivity index (χ2n) is 6.07. The van der Waals surface area contributed by atoms with Crippen LogP contribution in [-0.4, -0.2) is 55.1 Å². The third kappa shape index (κ3) is 8.59. The van der Waals surface area contributed by atoms with Crippen LogP contribution >= 0.6 is 0 Å². The first-order valence-corrected chi connectivity index (χ1v) is 8.68. The number of carboxylic acids is 1. The van der Waals surface area contributed by atoms with E-state index in [4.69, 9.17) is 5.73 Å². The first kappa shape index (κ1) is 21.6. The maximum absolute atomic E-state index is 12.0. The average Bonchev–Trinajstić information content (AvgIpc) is 2.62. The topological polar surface area (TPSA) is 134 Å². The molecule has 0 spiro atoms. The number of carboxylic acid groups (broad SMARTS) is 1. The fraction of sp³-hybridized carbons (Fsp3) is 0.500. The Hall–Kier alpha value is -2.45. The quantitative estimate of drug-likeness (QED) is 0.321. The maximum atomic E-state index is 12.0. The summed E-state index contributed by atoms with van der Waals surface area (Å²) in [4.78, 5) is 35.1. The molecule has 0 aliphatic rings. The van der Waals surface area contributed by atoms with Crippen LogP contribution in [0.25, 0.3) is 0 Å². The lowest BCUT2D eigenvalue weighted by atomic mass is 10.1. The van der Waals surface area contributed by atoms with Crippen molar-refractivity contribution < 1.29 is 19.5 Å². The molecule has 0 heterocycles. The normalized spacial score (nSPS) is 12.8. The van der Waals surface area contributed by atoms with E-state index in [2.05, 4.69) is 16.0 Å². The minimum Gasteiger partial charge on any atom is -0.480 e. The minimum absolute atomic E-state index is 0.304. The van der Waals surface area contributed by atoms with Crippen molar-refractivity contribution in [1.29, 1.82) is 0 Å². The van der Waals surface area contributed by atoms with E-state index < -0.39 is 29.9 Å². The van der Waals surface area contributed by atoms with E-state index in [1.807, 2.05) is 37.4 Å². The molecule has 0 aromatic heterocycles. The summed E-state index contributed by atoms with van der Waals surface area (Å²) in [7, 11) is 1.82. The number of nitrogens with one attached hydrogen (secondary N) is 3. The van der Waals surface area contributed by atoms with E-state index in [1.165, 1.54) is 0 Å². The predicted octanol–water partition coefficient (Wildman–Crippen LogP) is -0.368. The van der Waals surface area contributed by atoms with Gasteiger partial charge in [0.2, 0.25) is 11.8 Å². The molecule has 2 unspecified atom stereocenters. The number of hydrogen-bond acceptors (Lipinski definition) is 5. The van der Waals surface area contributed by atoms with E-state index in [-0.39, 0.29) is 6.54 Å². The zero-order valence-corrected chi connectivity index (χ0v) is 15.0.